The highest BCUT2D eigenvalue weighted by molar-refractivity contribution is 7.98. The summed E-state index contributed by atoms with van der Waals surface area (Å²) in [6.45, 7) is 0. The molecule has 15 heavy (non-hydrogen) atoms. The monoisotopic (exact) mass is 224 g/mol. The number of benzene rings is 1. The first-order valence-electron chi connectivity index (χ1n) is 4.27. The fourth-order valence-electron chi connectivity index (χ4n) is 1.24. The zero-order valence-corrected chi connectivity index (χ0v) is 8.84. The third-order valence-electron chi connectivity index (χ3n) is 1.98. The summed E-state index contributed by atoms with van der Waals surface area (Å²) in [5, 5.41) is 3.76. The molecule has 0 saturated heterocycles. The molecule has 1 heterocycles. The van der Waals surface area contributed by atoms with Gasteiger partial charge in [0.15, 0.2) is 0 Å². The Balaban J connectivity index is 2.45. The second kappa shape index (κ2) is 3.94. The van der Waals surface area contributed by atoms with Gasteiger partial charge in [0, 0.05) is 16.5 Å². The molecule has 0 radical (unpaired) electrons. The minimum absolute atomic E-state index is 0.234. The molecule has 2 rings (SSSR count). The number of rotatable bonds is 2. The van der Waals surface area contributed by atoms with Crippen LogP contribution in [0.5, 0.6) is 0 Å². The van der Waals surface area contributed by atoms with Gasteiger partial charge in [-0.3, -0.25) is 0 Å². The van der Waals surface area contributed by atoms with Gasteiger partial charge in [0.1, 0.15) is 11.5 Å². The third-order valence-corrected chi connectivity index (χ3v) is 2.73. The average molecular weight is 224 g/mol. The summed E-state index contributed by atoms with van der Waals surface area (Å²) in [6, 6.07) is 6.38. The Morgan fingerprint density at radius 2 is 2.20 bits per heavy atom. The van der Waals surface area contributed by atoms with Gasteiger partial charge in [-0.15, -0.1) is 11.8 Å². The second-order valence-corrected chi connectivity index (χ2v) is 3.81. The van der Waals surface area contributed by atoms with Crippen molar-refractivity contribution in [1.29, 1.82) is 0 Å². The highest BCUT2D eigenvalue weighted by Gasteiger charge is 2.07. The Morgan fingerprint density at radius 3 is 2.80 bits per heavy atom. The van der Waals surface area contributed by atoms with Gasteiger partial charge in [-0.2, -0.15) is 0 Å². The smallest absolute Gasteiger partial charge is 0.222 e. The largest absolute Gasteiger partial charge is 0.368 e. The van der Waals surface area contributed by atoms with Crippen LogP contribution in [0.1, 0.15) is 0 Å². The van der Waals surface area contributed by atoms with E-state index in [0.29, 0.717) is 10.6 Å². The van der Waals surface area contributed by atoms with Crippen LogP contribution in [0, 0.1) is 5.82 Å². The first-order valence-corrected chi connectivity index (χ1v) is 5.49. The van der Waals surface area contributed by atoms with Gasteiger partial charge in [0.05, 0.1) is 0 Å². The third kappa shape index (κ3) is 1.97. The molecule has 2 N–H and O–H groups in total. The molecule has 0 aliphatic rings. The molecule has 0 atom stereocenters. The number of nitrogens with zero attached hydrogens (tertiary/aromatic N) is 1. The highest BCUT2D eigenvalue weighted by atomic mass is 32.2. The quantitative estimate of drug-likeness (QED) is 0.797. The number of hydrogen-bond acceptors (Lipinski definition) is 4. The molecule has 0 aliphatic heterocycles. The number of halogens is 1. The molecule has 5 heteroatoms. The predicted octanol–water partition coefficient (Wildman–Crippen LogP) is 2.78. The Bertz CT molecular complexity index is 484. The fraction of sp³-hybridized carbons (Fsp3) is 0.100. The molecule has 0 saturated carbocycles. The molecule has 0 amide bonds. The van der Waals surface area contributed by atoms with Crippen molar-refractivity contribution in [3.8, 4) is 11.3 Å². The first-order chi connectivity index (χ1) is 7.20. The van der Waals surface area contributed by atoms with Crippen LogP contribution in [-0.2, 0) is 0 Å². The van der Waals surface area contributed by atoms with Gasteiger partial charge < -0.3 is 10.3 Å². The zero-order chi connectivity index (χ0) is 10.8. The van der Waals surface area contributed by atoms with E-state index in [4.69, 9.17) is 10.3 Å². The van der Waals surface area contributed by atoms with Gasteiger partial charge in [-0.25, -0.2) is 4.39 Å². The van der Waals surface area contributed by atoms with Crippen LogP contribution in [0.15, 0.2) is 33.7 Å². The van der Waals surface area contributed by atoms with Crippen molar-refractivity contribution in [2.24, 2.45) is 0 Å². The van der Waals surface area contributed by atoms with Crippen LogP contribution in [0.25, 0.3) is 11.3 Å². The van der Waals surface area contributed by atoms with Crippen molar-refractivity contribution in [2.45, 2.75) is 4.90 Å². The Labute approximate surface area is 90.4 Å². The van der Waals surface area contributed by atoms with Crippen molar-refractivity contribution in [2.75, 3.05) is 12.0 Å². The molecule has 1 aromatic carbocycles. The van der Waals surface area contributed by atoms with Crippen LogP contribution in [0.2, 0.25) is 0 Å². The van der Waals surface area contributed by atoms with E-state index in [0.717, 1.165) is 5.56 Å². The lowest BCUT2D eigenvalue weighted by Gasteiger charge is -2.01. The number of nitrogens with two attached hydrogens (primary N) is 1. The van der Waals surface area contributed by atoms with Crippen LogP contribution in [-0.4, -0.2) is 11.4 Å². The van der Waals surface area contributed by atoms with Crippen molar-refractivity contribution in [3.05, 3.63) is 30.1 Å². The normalized spacial score (nSPS) is 10.5. The standard InChI is InChI=1S/C10H9FN2OS/c1-15-9-4-6(2-3-7(9)11)8-5-10(12)14-13-8/h2-5H,12H2,1H3. The maximum Gasteiger partial charge on any atom is 0.222 e. The van der Waals surface area contributed by atoms with Crippen LogP contribution in [0.4, 0.5) is 10.3 Å². The average Bonchev–Trinajstić information content (AvgIpc) is 2.66. The lowest BCUT2D eigenvalue weighted by Crippen LogP contribution is -1.83. The summed E-state index contributed by atoms with van der Waals surface area (Å²) in [4.78, 5) is 0.578. The van der Waals surface area contributed by atoms with Crippen molar-refractivity contribution in [3.63, 3.8) is 0 Å². The molecule has 0 spiro atoms. The van der Waals surface area contributed by atoms with Crippen LogP contribution >= 0.6 is 11.8 Å². The number of aromatic nitrogens is 1. The highest BCUT2D eigenvalue weighted by Crippen LogP contribution is 2.26. The Hall–Kier alpha value is -1.49. The SMILES string of the molecule is CSc1cc(-c2cc(N)on2)ccc1F. The summed E-state index contributed by atoms with van der Waals surface area (Å²) >= 11 is 1.35. The van der Waals surface area contributed by atoms with Gasteiger partial charge >= 0.3 is 0 Å². The molecule has 0 bridgehead atoms. The van der Waals surface area contributed by atoms with E-state index in [1.54, 1.807) is 18.2 Å². The lowest BCUT2D eigenvalue weighted by atomic mass is 10.1. The summed E-state index contributed by atoms with van der Waals surface area (Å²) in [5.74, 6) is 0.0164. The van der Waals surface area contributed by atoms with Crippen molar-refractivity contribution < 1.29 is 8.91 Å². The van der Waals surface area contributed by atoms with Crippen LogP contribution < -0.4 is 5.73 Å². The molecular weight excluding hydrogens is 215 g/mol. The lowest BCUT2D eigenvalue weighted by molar-refractivity contribution is 0.439. The Kier molecular flexibility index (Phi) is 2.64. The molecule has 3 nitrogen and oxygen atoms in total. The topological polar surface area (TPSA) is 52.0 Å². The molecule has 0 unspecified atom stereocenters. The van der Waals surface area contributed by atoms with Crippen molar-refractivity contribution in [1.82, 2.24) is 5.16 Å². The van der Waals surface area contributed by atoms with E-state index in [9.17, 15) is 4.39 Å². The maximum atomic E-state index is 13.2. The van der Waals surface area contributed by atoms with Gasteiger partial charge in [-0.05, 0) is 24.5 Å². The van der Waals surface area contributed by atoms with Gasteiger partial charge in [0.2, 0.25) is 5.88 Å². The summed E-state index contributed by atoms with van der Waals surface area (Å²) in [5.41, 5.74) is 6.81. The molecule has 1 aromatic heterocycles. The van der Waals surface area contributed by atoms with E-state index in [1.165, 1.54) is 17.8 Å². The molecule has 0 fully saturated rings. The first kappa shape index (κ1) is 10.0. The van der Waals surface area contributed by atoms with Crippen LogP contribution in [0.3, 0.4) is 0 Å². The minimum atomic E-state index is -0.234. The number of hydrogen-bond donors (Lipinski definition) is 1. The fourth-order valence-corrected chi connectivity index (χ4v) is 1.75. The number of anilines is 1. The van der Waals surface area contributed by atoms with Gasteiger partial charge in [0.25, 0.3) is 0 Å². The summed E-state index contributed by atoms with van der Waals surface area (Å²) in [6.07, 6.45) is 1.82. The molecule has 0 aliphatic carbocycles. The van der Waals surface area contributed by atoms with Gasteiger partial charge in [-0.1, -0.05) is 5.16 Å². The Morgan fingerprint density at radius 1 is 1.40 bits per heavy atom. The molecule has 2 aromatic rings. The molecule has 78 valence electrons. The van der Waals surface area contributed by atoms with Crippen molar-refractivity contribution >= 4 is 17.6 Å². The van der Waals surface area contributed by atoms with E-state index in [2.05, 4.69) is 5.16 Å². The number of nitrogen functional groups attached to an aromatic ring is 1. The van der Waals surface area contributed by atoms with E-state index in [-0.39, 0.29) is 11.7 Å². The summed E-state index contributed by atoms with van der Waals surface area (Å²) in [7, 11) is 0. The minimum Gasteiger partial charge on any atom is -0.368 e. The number of thioether (sulfide) groups is 1. The van der Waals surface area contributed by atoms with E-state index < -0.39 is 0 Å². The molecular formula is C10H9FN2OS. The predicted molar refractivity (Wildman–Crippen MR) is 58.1 cm³/mol. The van der Waals surface area contributed by atoms with E-state index >= 15 is 0 Å². The second-order valence-electron chi connectivity index (χ2n) is 2.96. The zero-order valence-electron chi connectivity index (χ0n) is 8.03. The van der Waals surface area contributed by atoms with E-state index in [1.807, 2.05) is 6.26 Å². The summed E-state index contributed by atoms with van der Waals surface area (Å²) < 4.78 is 18.0. The maximum absolute atomic E-state index is 13.2.